The van der Waals surface area contributed by atoms with Crippen molar-refractivity contribution in [3.05, 3.63) is 18.2 Å². The van der Waals surface area contributed by atoms with E-state index in [1.54, 1.807) is 12.5 Å². The van der Waals surface area contributed by atoms with Gasteiger partial charge in [0.15, 0.2) is 0 Å². The van der Waals surface area contributed by atoms with E-state index in [4.69, 9.17) is 5.73 Å². The fourth-order valence-electron chi connectivity index (χ4n) is 0.828. The minimum atomic E-state index is -0.747. The van der Waals surface area contributed by atoms with Gasteiger partial charge in [-0.25, -0.2) is 9.78 Å². The van der Waals surface area contributed by atoms with Gasteiger partial charge in [0.25, 0.3) is 0 Å². The number of hydrogen-bond acceptors (Lipinski definition) is 4. The number of aromatic amines is 1. The number of primary amides is 1. The number of nitrogens with two attached hydrogens (primary N) is 1. The Hall–Kier alpha value is -1.56. The van der Waals surface area contributed by atoms with Gasteiger partial charge in [-0.05, 0) is 0 Å². The summed E-state index contributed by atoms with van der Waals surface area (Å²) in [5, 5.41) is 3.04. The van der Waals surface area contributed by atoms with Crippen molar-refractivity contribution in [3.63, 3.8) is 0 Å². The molecule has 0 aromatic carbocycles. The Kier molecular flexibility index (Phi) is 3.77. The zero-order valence-electron chi connectivity index (χ0n) is 7.12. The van der Waals surface area contributed by atoms with Crippen molar-refractivity contribution in [1.82, 2.24) is 15.3 Å². The van der Waals surface area contributed by atoms with E-state index in [0.29, 0.717) is 13.1 Å². The Labute approximate surface area is 75.5 Å². The van der Waals surface area contributed by atoms with Crippen LogP contribution in [0.25, 0.3) is 0 Å². The summed E-state index contributed by atoms with van der Waals surface area (Å²) < 4.78 is 4.51. The molecule has 1 aromatic heterocycles. The van der Waals surface area contributed by atoms with Gasteiger partial charge in [-0.3, -0.25) is 0 Å². The Morgan fingerprint density at radius 2 is 2.62 bits per heavy atom. The van der Waals surface area contributed by atoms with E-state index in [-0.39, 0.29) is 6.61 Å². The minimum Gasteiger partial charge on any atom is -0.448 e. The van der Waals surface area contributed by atoms with Crippen molar-refractivity contribution in [2.24, 2.45) is 5.73 Å². The van der Waals surface area contributed by atoms with Crippen molar-refractivity contribution in [2.45, 2.75) is 6.54 Å². The van der Waals surface area contributed by atoms with Crippen LogP contribution in [0.1, 0.15) is 5.69 Å². The van der Waals surface area contributed by atoms with Crippen molar-refractivity contribution >= 4 is 6.09 Å². The number of carbonyl (C=O) groups is 1. The van der Waals surface area contributed by atoms with Crippen LogP contribution in [-0.4, -0.2) is 29.2 Å². The second-order valence-corrected chi connectivity index (χ2v) is 2.42. The molecule has 6 heteroatoms. The molecule has 0 atom stereocenters. The molecule has 1 rings (SSSR count). The lowest BCUT2D eigenvalue weighted by atomic mass is 10.5. The van der Waals surface area contributed by atoms with Gasteiger partial charge in [-0.15, -0.1) is 0 Å². The first-order valence-corrected chi connectivity index (χ1v) is 3.89. The Morgan fingerprint density at radius 3 is 3.23 bits per heavy atom. The van der Waals surface area contributed by atoms with Crippen molar-refractivity contribution in [1.29, 1.82) is 0 Å². The summed E-state index contributed by atoms with van der Waals surface area (Å²) >= 11 is 0. The maximum absolute atomic E-state index is 10.1. The van der Waals surface area contributed by atoms with Crippen LogP contribution in [0.5, 0.6) is 0 Å². The SMILES string of the molecule is NC(=O)OCCNCc1cnc[nH]1. The van der Waals surface area contributed by atoms with E-state index < -0.39 is 6.09 Å². The summed E-state index contributed by atoms with van der Waals surface area (Å²) in [5.41, 5.74) is 5.75. The highest BCUT2D eigenvalue weighted by atomic mass is 16.5. The number of ether oxygens (including phenoxy) is 1. The van der Waals surface area contributed by atoms with E-state index in [2.05, 4.69) is 20.0 Å². The van der Waals surface area contributed by atoms with Crippen LogP contribution >= 0.6 is 0 Å². The summed E-state index contributed by atoms with van der Waals surface area (Å²) in [4.78, 5) is 16.9. The Bertz CT molecular complexity index is 247. The van der Waals surface area contributed by atoms with Crippen LogP contribution in [0.3, 0.4) is 0 Å². The molecule has 0 radical (unpaired) electrons. The third kappa shape index (κ3) is 4.12. The molecule has 0 spiro atoms. The normalized spacial score (nSPS) is 9.85. The fourth-order valence-corrected chi connectivity index (χ4v) is 0.828. The lowest BCUT2D eigenvalue weighted by Crippen LogP contribution is -2.23. The van der Waals surface area contributed by atoms with E-state index in [1.165, 1.54) is 0 Å². The predicted molar refractivity (Wildman–Crippen MR) is 45.8 cm³/mol. The maximum Gasteiger partial charge on any atom is 0.404 e. The summed E-state index contributed by atoms with van der Waals surface area (Å²) in [6, 6.07) is 0. The smallest absolute Gasteiger partial charge is 0.404 e. The number of aromatic nitrogens is 2. The standard InChI is InChI=1S/C7H12N4O2/c8-7(12)13-2-1-9-3-6-4-10-5-11-6/h4-5,9H,1-3H2,(H2,8,12)(H,10,11). The molecule has 0 fully saturated rings. The summed E-state index contributed by atoms with van der Waals surface area (Å²) in [6.45, 7) is 1.52. The second-order valence-electron chi connectivity index (χ2n) is 2.42. The number of carbonyl (C=O) groups excluding carboxylic acids is 1. The van der Waals surface area contributed by atoms with Gasteiger partial charge in [0.2, 0.25) is 0 Å². The van der Waals surface area contributed by atoms with E-state index in [0.717, 1.165) is 5.69 Å². The van der Waals surface area contributed by atoms with Gasteiger partial charge < -0.3 is 20.8 Å². The molecule has 0 saturated carbocycles. The van der Waals surface area contributed by atoms with Crippen LogP contribution in [0.2, 0.25) is 0 Å². The van der Waals surface area contributed by atoms with Gasteiger partial charge in [-0.2, -0.15) is 0 Å². The summed E-state index contributed by atoms with van der Waals surface area (Å²) in [5.74, 6) is 0. The lowest BCUT2D eigenvalue weighted by Gasteiger charge is -2.02. The number of nitrogens with zero attached hydrogens (tertiary/aromatic N) is 1. The van der Waals surface area contributed by atoms with E-state index in [9.17, 15) is 4.79 Å². The molecule has 72 valence electrons. The number of imidazole rings is 1. The molecule has 0 aliphatic carbocycles. The minimum absolute atomic E-state index is 0.281. The highest BCUT2D eigenvalue weighted by Crippen LogP contribution is 1.88. The van der Waals surface area contributed by atoms with Crippen LogP contribution in [-0.2, 0) is 11.3 Å². The van der Waals surface area contributed by atoms with Crippen LogP contribution in [0.4, 0.5) is 4.79 Å². The molecule has 4 N–H and O–H groups in total. The van der Waals surface area contributed by atoms with E-state index >= 15 is 0 Å². The molecule has 1 heterocycles. The van der Waals surface area contributed by atoms with Crippen LogP contribution in [0, 0.1) is 0 Å². The zero-order valence-corrected chi connectivity index (χ0v) is 7.12. The first kappa shape index (κ1) is 9.53. The second kappa shape index (κ2) is 5.15. The number of nitrogens with one attached hydrogen (secondary N) is 2. The highest BCUT2D eigenvalue weighted by molar-refractivity contribution is 5.64. The fraction of sp³-hybridized carbons (Fsp3) is 0.429. The van der Waals surface area contributed by atoms with Crippen LogP contribution in [0.15, 0.2) is 12.5 Å². The molecule has 6 nitrogen and oxygen atoms in total. The Morgan fingerprint density at radius 1 is 1.77 bits per heavy atom. The molecular formula is C7H12N4O2. The topological polar surface area (TPSA) is 93.0 Å². The highest BCUT2D eigenvalue weighted by Gasteiger charge is 1.94. The average Bonchev–Trinajstić information content (AvgIpc) is 2.55. The van der Waals surface area contributed by atoms with Crippen molar-refractivity contribution in [3.8, 4) is 0 Å². The molecular weight excluding hydrogens is 172 g/mol. The summed E-state index contributed by atoms with van der Waals surface area (Å²) in [7, 11) is 0. The molecule has 0 aliphatic heterocycles. The Balaban J connectivity index is 1.99. The molecule has 1 aromatic rings. The largest absolute Gasteiger partial charge is 0.448 e. The van der Waals surface area contributed by atoms with Crippen LogP contribution < -0.4 is 11.1 Å². The third-order valence-electron chi connectivity index (χ3n) is 1.39. The quantitative estimate of drug-likeness (QED) is 0.542. The number of rotatable bonds is 5. The number of H-pyrrole nitrogens is 1. The van der Waals surface area contributed by atoms with Crippen molar-refractivity contribution in [2.75, 3.05) is 13.2 Å². The predicted octanol–water partition coefficient (Wildman–Crippen LogP) is -0.405. The van der Waals surface area contributed by atoms with Gasteiger partial charge in [0.05, 0.1) is 6.33 Å². The van der Waals surface area contributed by atoms with E-state index in [1.807, 2.05) is 0 Å². The molecule has 0 unspecified atom stereocenters. The van der Waals surface area contributed by atoms with Crippen molar-refractivity contribution < 1.29 is 9.53 Å². The first-order valence-electron chi connectivity index (χ1n) is 3.89. The molecule has 0 aliphatic rings. The molecule has 0 saturated heterocycles. The van der Waals surface area contributed by atoms with Gasteiger partial charge in [0, 0.05) is 25.0 Å². The maximum atomic E-state index is 10.1. The number of amides is 1. The summed E-state index contributed by atoms with van der Waals surface area (Å²) in [6.07, 6.45) is 2.59. The molecule has 0 bridgehead atoms. The lowest BCUT2D eigenvalue weighted by molar-refractivity contribution is 0.157. The molecule has 13 heavy (non-hydrogen) atoms. The van der Waals surface area contributed by atoms with Gasteiger partial charge in [0.1, 0.15) is 6.61 Å². The third-order valence-corrected chi connectivity index (χ3v) is 1.39. The number of hydrogen-bond donors (Lipinski definition) is 3. The average molecular weight is 184 g/mol. The monoisotopic (exact) mass is 184 g/mol. The van der Waals surface area contributed by atoms with Gasteiger partial charge in [-0.1, -0.05) is 0 Å². The first-order chi connectivity index (χ1) is 6.29. The van der Waals surface area contributed by atoms with Gasteiger partial charge >= 0.3 is 6.09 Å². The zero-order chi connectivity index (χ0) is 9.52. The molecule has 1 amide bonds.